The predicted molar refractivity (Wildman–Crippen MR) is 58.9 cm³/mol. The van der Waals surface area contributed by atoms with Gasteiger partial charge in [0, 0.05) is 13.8 Å². The number of esters is 2. The molecule has 0 atom stereocenters. The topological polar surface area (TPSA) is 78.9 Å². The highest BCUT2D eigenvalue weighted by Gasteiger charge is 2.29. The fourth-order valence-electron chi connectivity index (χ4n) is 1.60. The molecule has 1 aliphatic heterocycles. The first-order chi connectivity index (χ1) is 8.49. The normalized spacial score (nSPS) is 12.7. The van der Waals surface area contributed by atoms with Crippen molar-refractivity contribution in [2.45, 2.75) is 13.8 Å². The van der Waals surface area contributed by atoms with Crippen molar-refractivity contribution in [2.75, 3.05) is 6.61 Å². The lowest BCUT2D eigenvalue weighted by atomic mass is 10.1. The summed E-state index contributed by atoms with van der Waals surface area (Å²) in [5, 5.41) is 0. The van der Waals surface area contributed by atoms with Gasteiger partial charge in [-0.3, -0.25) is 14.4 Å². The van der Waals surface area contributed by atoms with Gasteiger partial charge in [-0.25, -0.2) is 0 Å². The number of hydrogen-bond donors (Lipinski definition) is 0. The molecule has 18 heavy (non-hydrogen) atoms. The predicted octanol–water partition coefficient (Wildman–Crippen LogP) is 1.11. The molecule has 1 aromatic rings. The second-order valence-electron chi connectivity index (χ2n) is 3.67. The van der Waals surface area contributed by atoms with Crippen LogP contribution in [0.5, 0.6) is 17.2 Å². The highest BCUT2D eigenvalue weighted by molar-refractivity contribution is 6.03. The summed E-state index contributed by atoms with van der Waals surface area (Å²) in [7, 11) is 0. The summed E-state index contributed by atoms with van der Waals surface area (Å²) in [5.41, 5.74) is 0.308. The Labute approximate surface area is 102 Å². The van der Waals surface area contributed by atoms with E-state index in [1.165, 1.54) is 26.0 Å². The maximum Gasteiger partial charge on any atom is 0.308 e. The molecule has 0 bridgehead atoms. The molecule has 2 rings (SSSR count). The molecule has 0 unspecified atom stereocenters. The van der Waals surface area contributed by atoms with E-state index >= 15 is 0 Å². The molecule has 1 aromatic carbocycles. The van der Waals surface area contributed by atoms with E-state index in [0.29, 0.717) is 5.56 Å². The number of hydrogen-bond acceptors (Lipinski definition) is 6. The molecule has 0 N–H and O–H groups in total. The third-order valence-corrected chi connectivity index (χ3v) is 2.22. The molecule has 0 aromatic heterocycles. The van der Waals surface area contributed by atoms with Gasteiger partial charge < -0.3 is 14.2 Å². The third kappa shape index (κ3) is 2.17. The van der Waals surface area contributed by atoms with Crippen molar-refractivity contribution in [3.8, 4) is 17.2 Å². The van der Waals surface area contributed by atoms with Crippen molar-refractivity contribution < 1.29 is 28.6 Å². The van der Waals surface area contributed by atoms with E-state index in [1.807, 2.05) is 0 Å². The van der Waals surface area contributed by atoms with Crippen LogP contribution < -0.4 is 14.2 Å². The highest BCUT2D eigenvalue weighted by Crippen LogP contribution is 2.43. The Bertz CT molecular complexity index is 546. The number of rotatable bonds is 2. The van der Waals surface area contributed by atoms with Gasteiger partial charge in [0.05, 0.1) is 5.56 Å². The molecule has 0 aliphatic carbocycles. The summed E-state index contributed by atoms with van der Waals surface area (Å²) in [6, 6.07) is 2.86. The van der Waals surface area contributed by atoms with E-state index in [2.05, 4.69) is 0 Å². The van der Waals surface area contributed by atoms with Crippen LogP contribution in [0.3, 0.4) is 0 Å². The average molecular weight is 250 g/mol. The molecule has 1 heterocycles. The maximum absolute atomic E-state index is 11.5. The Morgan fingerprint density at radius 2 is 1.83 bits per heavy atom. The molecule has 0 saturated carbocycles. The molecule has 6 nitrogen and oxygen atoms in total. The zero-order valence-corrected chi connectivity index (χ0v) is 9.81. The van der Waals surface area contributed by atoms with Crippen molar-refractivity contribution in [3.05, 3.63) is 17.7 Å². The molecule has 0 amide bonds. The molecule has 0 fully saturated rings. The first kappa shape index (κ1) is 12.1. The summed E-state index contributed by atoms with van der Waals surface area (Å²) in [6.45, 7) is 2.30. The van der Waals surface area contributed by atoms with Crippen molar-refractivity contribution in [3.63, 3.8) is 0 Å². The van der Waals surface area contributed by atoms with Gasteiger partial charge >= 0.3 is 11.9 Å². The van der Waals surface area contributed by atoms with Crippen LogP contribution in [0.4, 0.5) is 0 Å². The average Bonchev–Trinajstić information content (AvgIpc) is 2.63. The Balaban J connectivity index is 2.51. The molecular formula is C12H10O6. The quantitative estimate of drug-likeness (QED) is 0.578. The molecule has 94 valence electrons. The molecule has 0 saturated heterocycles. The van der Waals surface area contributed by atoms with E-state index < -0.39 is 11.9 Å². The van der Waals surface area contributed by atoms with Gasteiger partial charge in [0.25, 0.3) is 0 Å². The van der Waals surface area contributed by atoms with Crippen molar-refractivity contribution in [2.24, 2.45) is 0 Å². The molecular weight excluding hydrogens is 240 g/mol. The molecule has 1 aliphatic rings. The monoisotopic (exact) mass is 250 g/mol. The Morgan fingerprint density at radius 3 is 2.44 bits per heavy atom. The lowest BCUT2D eigenvalue weighted by molar-refractivity contribution is -0.134. The van der Waals surface area contributed by atoms with Crippen LogP contribution in [0, 0.1) is 0 Å². The summed E-state index contributed by atoms with van der Waals surface area (Å²) in [4.78, 5) is 33.4. The van der Waals surface area contributed by atoms with Gasteiger partial charge in [-0.2, -0.15) is 0 Å². The standard InChI is InChI=1S/C12H10O6/c1-6(13)17-10-4-3-8-9(15)5-16-11(8)12(10)18-7(2)14/h3-4H,5H2,1-2H3. The zero-order valence-electron chi connectivity index (χ0n) is 9.81. The number of ether oxygens (including phenoxy) is 3. The lowest BCUT2D eigenvalue weighted by Gasteiger charge is -2.11. The van der Waals surface area contributed by atoms with Crippen LogP contribution in [0.25, 0.3) is 0 Å². The fourth-order valence-corrected chi connectivity index (χ4v) is 1.60. The van der Waals surface area contributed by atoms with Gasteiger partial charge in [0.15, 0.2) is 18.1 Å². The van der Waals surface area contributed by atoms with Crippen molar-refractivity contribution in [1.29, 1.82) is 0 Å². The number of fused-ring (bicyclic) bond motifs is 1. The van der Waals surface area contributed by atoms with Gasteiger partial charge in [0.2, 0.25) is 11.5 Å². The van der Waals surface area contributed by atoms with E-state index in [1.54, 1.807) is 0 Å². The van der Waals surface area contributed by atoms with Gasteiger partial charge in [0.1, 0.15) is 0 Å². The summed E-state index contributed by atoms with van der Waals surface area (Å²) >= 11 is 0. The summed E-state index contributed by atoms with van der Waals surface area (Å²) in [5.74, 6) is -1.23. The molecule has 6 heteroatoms. The first-order valence-corrected chi connectivity index (χ1v) is 5.19. The molecule has 0 radical (unpaired) electrons. The van der Waals surface area contributed by atoms with Gasteiger partial charge in [-0.1, -0.05) is 0 Å². The lowest BCUT2D eigenvalue weighted by Crippen LogP contribution is -2.08. The smallest absolute Gasteiger partial charge is 0.308 e. The minimum absolute atomic E-state index is 0.0407. The number of carbonyl (C=O) groups is 3. The largest absolute Gasteiger partial charge is 0.481 e. The van der Waals surface area contributed by atoms with Crippen molar-refractivity contribution in [1.82, 2.24) is 0 Å². The second kappa shape index (κ2) is 4.48. The Kier molecular flexibility index (Phi) is 3.01. The number of benzene rings is 1. The van der Waals surface area contributed by atoms with Crippen molar-refractivity contribution >= 4 is 17.7 Å². The van der Waals surface area contributed by atoms with E-state index in [9.17, 15) is 14.4 Å². The van der Waals surface area contributed by atoms with Crippen LogP contribution in [-0.2, 0) is 9.59 Å². The summed E-state index contributed by atoms with van der Waals surface area (Å²) < 4.78 is 15.0. The molecule has 0 spiro atoms. The number of Topliss-reactive ketones (excluding diaryl/α,β-unsaturated/α-hetero) is 1. The van der Waals surface area contributed by atoms with Crippen LogP contribution in [-0.4, -0.2) is 24.3 Å². The van der Waals surface area contributed by atoms with Crippen LogP contribution in [0.15, 0.2) is 12.1 Å². The SMILES string of the molecule is CC(=O)Oc1ccc2c(c1OC(C)=O)OCC2=O. The zero-order chi connectivity index (χ0) is 13.3. The first-order valence-electron chi connectivity index (χ1n) is 5.19. The maximum atomic E-state index is 11.5. The van der Waals surface area contributed by atoms with Gasteiger partial charge in [-0.05, 0) is 12.1 Å². The van der Waals surface area contributed by atoms with Gasteiger partial charge in [-0.15, -0.1) is 0 Å². The van der Waals surface area contributed by atoms with E-state index in [-0.39, 0.29) is 29.6 Å². The van der Waals surface area contributed by atoms with Crippen LogP contribution >= 0.6 is 0 Å². The highest BCUT2D eigenvalue weighted by atomic mass is 16.6. The van der Waals surface area contributed by atoms with Crippen LogP contribution in [0.1, 0.15) is 24.2 Å². The minimum Gasteiger partial charge on any atom is -0.481 e. The Hall–Kier alpha value is -2.37. The van der Waals surface area contributed by atoms with Crippen LogP contribution in [0.2, 0.25) is 0 Å². The summed E-state index contributed by atoms with van der Waals surface area (Å²) in [6.07, 6.45) is 0. The number of ketones is 1. The third-order valence-electron chi connectivity index (χ3n) is 2.22. The second-order valence-corrected chi connectivity index (χ2v) is 3.67. The van der Waals surface area contributed by atoms with E-state index in [0.717, 1.165) is 0 Å². The fraction of sp³-hybridized carbons (Fsp3) is 0.250. The number of carbonyl (C=O) groups excluding carboxylic acids is 3. The Morgan fingerprint density at radius 1 is 1.17 bits per heavy atom. The minimum atomic E-state index is -0.597. The van der Waals surface area contributed by atoms with E-state index in [4.69, 9.17) is 14.2 Å².